The number of hydrogen-bond acceptors (Lipinski definition) is 3. The van der Waals surface area contributed by atoms with Crippen molar-refractivity contribution in [3.63, 3.8) is 0 Å². The lowest BCUT2D eigenvalue weighted by atomic mass is 10.5. The molecule has 2 heterocycles. The fourth-order valence-corrected chi connectivity index (χ4v) is 0.772. The van der Waals surface area contributed by atoms with Gasteiger partial charge in [-0.05, 0) is 0 Å². The quantitative estimate of drug-likeness (QED) is 0.542. The van der Waals surface area contributed by atoms with Gasteiger partial charge in [-0.1, -0.05) is 5.16 Å². The van der Waals surface area contributed by atoms with E-state index in [2.05, 4.69) is 10.1 Å². The fraction of sp³-hybridized carbons (Fsp3) is 0. The van der Waals surface area contributed by atoms with Crippen molar-refractivity contribution in [3.05, 3.63) is 12.4 Å². The summed E-state index contributed by atoms with van der Waals surface area (Å²) in [5.74, 6) is 0. The van der Waals surface area contributed by atoms with Crippen LogP contribution < -0.4 is 5.73 Å². The molecule has 2 aromatic heterocycles. The van der Waals surface area contributed by atoms with Crippen molar-refractivity contribution in [2.75, 3.05) is 5.73 Å². The zero-order valence-electron chi connectivity index (χ0n) is 4.59. The van der Waals surface area contributed by atoms with Crippen molar-refractivity contribution in [2.24, 2.45) is 0 Å². The van der Waals surface area contributed by atoms with Crippen molar-refractivity contribution in [1.29, 1.82) is 0 Å². The molecule has 3 N–H and O–H groups in total. The second-order valence-corrected chi connectivity index (χ2v) is 1.81. The normalized spacial score (nSPS) is 10.7. The first-order chi connectivity index (χ1) is 4.38. The Hall–Kier alpha value is -1.45. The molecule has 0 bridgehead atoms. The lowest BCUT2D eigenvalue weighted by Crippen LogP contribution is -1.77. The van der Waals surface area contributed by atoms with Gasteiger partial charge in [0.05, 0.1) is 11.9 Å². The standard InChI is InChI=1S/C5H5N3O/c6-3-1-7-4-2-8-9-5(3)4/h1-2,7H,6H2. The predicted octanol–water partition coefficient (Wildman–Crippen LogP) is 0.738. The smallest absolute Gasteiger partial charge is 0.207 e. The maximum Gasteiger partial charge on any atom is 0.207 e. The summed E-state index contributed by atoms with van der Waals surface area (Å²) in [7, 11) is 0. The highest BCUT2D eigenvalue weighted by atomic mass is 16.5. The Bertz CT molecular complexity index is 321. The van der Waals surface area contributed by atoms with E-state index in [9.17, 15) is 0 Å². The van der Waals surface area contributed by atoms with Crippen LogP contribution in [-0.4, -0.2) is 10.1 Å². The number of nitrogens with two attached hydrogens (primary N) is 1. The molecule has 0 aromatic carbocycles. The van der Waals surface area contributed by atoms with E-state index in [0.717, 1.165) is 5.52 Å². The summed E-state index contributed by atoms with van der Waals surface area (Å²) in [4.78, 5) is 2.89. The molecule has 4 nitrogen and oxygen atoms in total. The molecule has 4 heteroatoms. The number of nitrogens with zero attached hydrogens (tertiary/aromatic N) is 1. The van der Waals surface area contributed by atoms with E-state index in [1.807, 2.05) is 0 Å². The second kappa shape index (κ2) is 1.28. The van der Waals surface area contributed by atoms with E-state index in [1.165, 1.54) is 0 Å². The Morgan fingerprint density at radius 2 is 2.56 bits per heavy atom. The zero-order valence-corrected chi connectivity index (χ0v) is 4.59. The number of rotatable bonds is 0. The van der Waals surface area contributed by atoms with Gasteiger partial charge in [0.15, 0.2) is 0 Å². The number of H-pyrrole nitrogens is 1. The van der Waals surface area contributed by atoms with Crippen LogP contribution in [0, 0.1) is 0 Å². The van der Waals surface area contributed by atoms with E-state index in [1.54, 1.807) is 12.4 Å². The molecule has 0 saturated carbocycles. The molecule has 0 aliphatic heterocycles. The van der Waals surface area contributed by atoms with Crippen LogP contribution in [-0.2, 0) is 0 Å². The lowest BCUT2D eigenvalue weighted by molar-refractivity contribution is 0.457. The van der Waals surface area contributed by atoms with Crippen LogP contribution in [0.5, 0.6) is 0 Å². The third-order valence-corrected chi connectivity index (χ3v) is 1.22. The minimum Gasteiger partial charge on any atom is -0.394 e. The van der Waals surface area contributed by atoms with Crippen LogP contribution in [0.4, 0.5) is 5.69 Å². The molecule has 0 spiro atoms. The first-order valence-corrected chi connectivity index (χ1v) is 2.55. The van der Waals surface area contributed by atoms with Crippen LogP contribution in [0.2, 0.25) is 0 Å². The summed E-state index contributed by atoms with van der Waals surface area (Å²) in [5.41, 5.74) is 7.53. The predicted molar refractivity (Wildman–Crippen MR) is 32.8 cm³/mol. The first-order valence-electron chi connectivity index (χ1n) is 2.55. The first kappa shape index (κ1) is 4.43. The van der Waals surface area contributed by atoms with Gasteiger partial charge in [-0.25, -0.2) is 0 Å². The van der Waals surface area contributed by atoms with Crippen molar-refractivity contribution >= 4 is 16.8 Å². The number of aromatic amines is 1. The number of anilines is 1. The summed E-state index contributed by atoms with van der Waals surface area (Å²) in [6, 6.07) is 0. The van der Waals surface area contributed by atoms with E-state index >= 15 is 0 Å². The number of fused-ring (bicyclic) bond motifs is 1. The summed E-state index contributed by atoms with van der Waals surface area (Å²) in [6.45, 7) is 0. The maximum atomic E-state index is 5.46. The zero-order chi connectivity index (χ0) is 6.27. The van der Waals surface area contributed by atoms with Gasteiger partial charge in [-0.15, -0.1) is 0 Å². The maximum absolute atomic E-state index is 5.46. The van der Waals surface area contributed by atoms with Crippen LogP contribution in [0.15, 0.2) is 16.9 Å². The summed E-state index contributed by atoms with van der Waals surface area (Å²) < 4.78 is 4.78. The van der Waals surface area contributed by atoms with E-state index in [4.69, 9.17) is 10.3 Å². The van der Waals surface area contributed by atoms with Crippen LogP contribution >= 0.6 is 0 Å². The van der Waals surface area contributed by atoms with Gasteiger partial charge >= 0.3 is 0 Å². The van der Waals surface area contributed by atoms with Gasteiger partial charge in [-0.2, -0.15) is 0 Å². The van der Waals surface area contributed by atoms with E-state index in [-0.39, 0.29) is 0 Å². The minimum atomic E-state index is 0.600. The fourth-order valence-electron chi connectivity index (χ4n) is 0.772. The molecular weight excluding hydrogens is 118 g/mol. The minimum absolute atomic E-state index is 0.600. The number of nitrogen functional groups attached to an aromatic ring is 1. The molecule has 0 atom stereocenters. The molecule has 0 aliphatic rings. The highest BCUT2D eigenvalue weighted by Gasteiger charge is 2.01. The molecule has 2 rings (SSSR count). The molecule has 0 aliphatic carbocycles. The van der Waals surface area contributed by atoms with E-state index < -0.39 is 0 Å². The van der Waals surface area contributed by atoms with Gasteiger partial charge in [0.1, 0.15) is 5.52 Å². The molecule has 46 valence electrons. The molecular formula is C5H5N3O. The summed E-state index contributed by atoms with van der Waals surface area (Å²) in [5, 5.41) is 3.54. The highest BCUT2D eigenvalue weighted by Crippen LogP contribution is 2.17. The van der Waals surface area contributed by atoms with Crippen LogP contribution in [0.25, 0.3) is 11.1 Å². The number of hydrogen-bond donors (Lipinski definition) is 2. The SMILES string of the molecule is Nc1c[nH]c2cnoc12. The topological polar surface area (TPSA) is 67.8 Å². The molecule has 0 radical (unpaired) electrons. The molecule has 2 aromatic rings. The van der Waals surface area contributed by atoms with Crippen molar-refractivity contribution in [1.82, 2.24) is 10.1 Å². The second-order valence-electron chi connectivity index (χ2n) is 1.81. The van der Waals surface area contributed by atoms with Gasteiger partial charge in [-0.3, -0.25) is 0 Å². The van der Waals surface area contributed by atoms with E-state index in [0.29, 0.717) is 11.3 Å². The van der Waals surface area contributed by atoms with Crippen molar-refractivity contribution < 1.29 is 4.52 Å². The van der Waals surface area contributed by atoms with Gasteiger partial charge in [0.2, 0.25) is 5.58 Å². The van der Waals surface area contributed by atoms with Gasteiger partial charge in [0.25, 0.3) is 0 Å². The Balaban J connectivity index is 2.99. The highest BCUT2D eigenvalue weighted by molar-refractivity contribution is 5.84. The van der Waals surface area contributed by atoms with Crippen LogP contribution in [0.3, 0.4) is 0 Å². The summed E-state index contributed by atoms with van der Waals surface area (Å²) in [6.07, 6.45) is 3.27. The third kappa shape index (κ3) is 0.440. The molecule has 0 fully saturated rings. The number of nitrogens with one attached hydrogen (secondary N) is 1. The Kier molecular flexibility index (Phi) is 0.631. The van der Waals surface area contributed by atoms with Crippen LogP contribution in [0.1, 0.15) is 0 Å². The lowest BCUT2D eigenvalue weighted by Gasteiger charge is -1.75. The molecule has 9 heavy (non-hydrogen) atoms. The Morgan fingerprint density at radius 1 is 1.67 bits per heavy atom. The average Bonchev–Trinajstić information content (AvgIpc) is 2.35. The summed E-state index contributed by atoms with van der Waals surface area (Å²) >= 11 is 0. The van der Waals surface area contributed by atoms with Crippen molar-refractivity contribution in [2.45, 2.75) is 0 Å². The third-order valence-electron chi connectivity index (χ3n) is 1.22. The van der Waals surface area contributed by atoms with Gasteiger partial charge < -0.3 is 15.2 Å². The molecule has 0 unspecified atom stereocenters. The monoisotopic (exact) mass is 123 g/mol. The van der Waals surface area contributed by atoms with Crippen molar-refractivity contribution in [3.8, 4) is 0 Å². The van der Waals surface area contributed by atoms with Gasteiger partial charge in [0, 0.05) is 6.20 Å². The molecule has 0 amide bonds. The Morgan fingerprint density at radius 3 is 3.33 bits per heavy atom. The largest absolute Gasteiger partial charge is 0.394 e. The average molecular weight is 123 g/mol. The Labute approximate surface area is 50.6 Å². The number of aromatic nitrogens is 2. The molecule has 0 saturated heterocycles.